The Morgan fingerprint density at radius 1 is 1.03 bits per heavy atom. The number of hydrogen-bond acceptors (Lipinski definition) is 3. The number of thiophene rings is 1. The average molecular weight is 517 g/mol. The molecule has 1 aromatic heterocycles. The van der Waals surface area contributed by atoms with Crippen molar-refractivity contribution in [1.82, 2.24) is 9.80 Å². The van der Waals surface area contributed by atoms with Crippen LogP contribution in [0.3, 0.4) is 0 Å². The molecule has 1 aliphatic heterocycles. The molecule has 3 aromatic rings. The average Bonchev–Trinajstić information content (AvgIpc) is 3.36. The van der Waals surface area contributed by atoms with Gasteiger partial charge >= 0.3 is 0 Å². The van der Waals surface area contributed by atoms with Gasteiger partial charge in [-0.15, -0.1) is 11.3 Å². The molecule has 0 spiro atoms. The molecule has 0 bridgehead atoms. The Kier molecular flexibility index (Phi) is 8.23. The molecule has 0 aliphatic carbocycles. The second kappa shape index (κ2) is 11.2. The van der Waals surface area contributed by atoms with E-state index in [1.807, 2.05) is 56.0 Å². The maximum absolute atomic E-state index is 13.9. The van der Waals surface area contributed by atoms with Crippen molar-refractivity contribution >= 4 is 23.2 Å². The van der Waals surface area contributed by atoms with Gasteiger partial charge in [0.1, 0.15) is 6.54 Å². The number of carbonyl (C=O) groups excluding carboxylic acids is 2. The molecule has 196 valence electrons. The highest BCUT2D eigenvalue weighted by Crippen LogP contribution is 2.38. The minimum absolute atomic E-state index is 0.00622. The van der Waals surface area contributed by atoms with Crippen LogP contribution in [0.2, 0.25) is 0 Å². The summed E-state index contributed by atoms with van der Waals surface area (Å²) in [6.45, 7) is 13.4. The Morgan fingerprint density at radius 2 is 1.70 bits per heavy atom. The third-order valence-electron chi connectivity index (χ3n) is 7.50. The third kappa shape index (κ3) is 5.82. The molecule has 4 nitrogen and oxygen atoms in total. The summed E-state index contributed by atoms with van der Waals surface area (Å²) in [6.07, 6.45) is 1.55. The van der Waals surface area contributed by atoms with Crippen LogP contribution in [0.5, 0.6) is 0 Å². The minimum atomic E-state index is -0.248. The summed E-state index contributed by atoms with van der Waals surface area (Å²) in [5, 5.41) is 2.13. The zero-order chi connectivity index (χ0) is 26.7. The van der Waals surface area contributed by atoms with Crippen molar-refractivity contribution in [2.75, 3.05) is 13.1 Å². The van der Waals surface area contributed by atoms with Crippen LogP contribution >= 0.6 is 11.3 Å². The highest BCUT2D eigenvalue weighted by Gasteiger charge is 2.35. The molecule has 5 heteroatoms. The molecule has 0 fully saturated rings. The lowest BCUT2D eigenvalue weighted by atomic mass is 9.85. The fraction of sp³-hybridized carbons (Fsp3) is 0.438. The summed E-state index contributed by atoms with van der Waals surface area (Å²) in [5.41, 5.74) is 4.69. The van der Waals surface area contributed by atoms with Gasteiger partial charge in [0, 0.05) is 17.5 Å². The van der Waals surface area contributed by atoms with Crippen molar-refractivity contribution in [1.29, 1.82) is 0 Å². The molecule has 2 amide bonds. The van der Waals surface area contributed by atoms with Crippen molar-refractivity contribution in [2.24, 2.45) is 0 Å². The summed E-state index contributed by atoms with van der Waals surface area (Å²) in [7, 11) is 0. The first-order valence-electron chi connectivity index (χ1n) is 13.4. The second-order valence-corrected chi connectivity index (χ2v) is 12.3. The SMILES string of the molecule is CCC(C(=O)N(CC(=O)N1CCc2sccc2C1c1ccc(C(C)(C)C)cc1)C(C)C)c1ccccc1. The summed E-state index contributed by atoms with van der Waals surface area (Å²) < 4.78 is 0. The van der Waals surface area contributed by atoms with Crippen LogP contribution in [0.25, 0.3) is 0 Å². The number of hydrogen-bond donors (Lipinski definition) is 0. The van der Waals surface area contributed by atoms with Gasteiger partial charge in [0.25, 0.3) is 0 Å². The predicted molar refractivity (Wildman–Crippen MR) is 153 cm³/mol. The van der Waals surface area contributed by atoms with Gasteiger partial charge in [0.2, 0.25) is 11.8 Å². The first-order chi connectivity index (χ1) is 17.6. The molecular formula is C32H40N2O2S. The molecule has 2 unspecified atom stereocenters. The van der Waals surface area contributed by atoms with E-state index in [4.69, 9.17) is 0 Å². The molecule has 0 N–H and O–H groups in total. The Labute approximate surface area is 226 Å². The highest BCUT2D eigenvalue weighted by atomic mass is 32.1. The molecule has 4 rings (SSSR count). The number of benzene rings is 2. The normalized spacial score (nSPS) is 16.4. The van der Waals surface area contributed by atoms with Gasteiger partial charge in [0.15, 0.2) is 0 Å². The van der Waals surface area contributed by atoms with Gasteiger partial charge in [-0.3, -0.25) is 9.59 Å². The van der Waals surface area contributed by atoms with Crippen LogP contribution in [-0.4, -0.2) is 40.7 Å². The van der Waals surface area contributed by atoms with Crippen LogP contribution in [0.4, 0.5) is 0 Å². The number of amides is 2. The van der Waals surface area contributed by atoms with E-state index in [9.17, 15) is 9.59 Å². The van der Waals surface area contributed by atoms with Crippen LogP contribution in [-0.2, 0) is 21.4 Å². The standard InChI is InChI=1S/C32H40N2O2S/c1-7-26(23-11-9-8-10-12-23)31(36)34(22(2)3)21-29(35)33-19-17-28-27(18-20-37-28)30(33)24-13-15-25(16-14-24)32(4,5)6/h8-16,18,20,22,26,30H,7,17,19,21H2,1-6H3. The molecular weight excluding hydrogens is 476 g/mol. The maximum atomic E-state index is 13.9. The zero-order valence-electron chi connectivity index (χ0n) is 23.0. The molecule has 2 aromatic carbocycles. The smallest absolute Gasteiger partial charge is 0.243 e. The van der Waals surface area contributed by atoms with E-state index in [1.54, 1.807) is 16.2 Å². The summed E-state index contributed by atoms with van der Waals surface area (Å²) in [6, 6.07) is 20.6. The summed E-state index contributed by atoms with van der Waals surface area (Å²) in [5.74, 6) is -0.218. The lowest BCUT2D eigenvalue weighted by Crippen LogP contribution is -2.49. The van der Waals surface area contributed by atoms with E-state index in [2.05, 4.69) is 56.5 Å². The summed E-state index contributed by atoms with van der Waals surface area (Å²) >= 11 is 1.77. The van der Waals surface area contributed by atoms with Crippen LogP contribution in [0.1, 0.15) is 87.1 Å². The van der Waals surface area contributed by atoms with Gasteiger partial charge in [-0.25, -0.2) is 0 Å². The minimum Gasteiger partial charge on any atom is -0.330 e. The van der Waals surface area contributed by atoms with Gasteiger partial charge in [0.05, 0.1) is 12.0 Å². The lowest BCUT2D eigenvalue weighted by molar-refractivity contribution is -0.144. The van der Waals surface area contributed by atoms with Gasteiger partial charge in [-0.2, -0.15) is 0 Å². The highest BCUT2D eigenvalue weighted by molar-refractivity contribution is 7.10. The maximum Gasteiger partial charge on any atom is 0.243 e. The van der Waals surface area contributed by atoms with E-state index in [0.29, 0.717) is 13.0 Å². The fourth-order valence-electron chi connectivity index (χ4n) is 5.30. The van der Waals surface area contributed by atoms with Gasteiger partial charge < -0.3 is 9.80 Å². The second-order valence-electron chi connectivity index (χ2n) is 11.3. The largest absolute Gasteiger partial charge is 0.330 e. The van der Waals surface area contributed by atoms with Crippen LogP contribution < -0.4 is 0 Å². The number of fused-ring (bicyclic) bond motifs is 1. The molecule has 2 heterocycles. The number of nitrogens with zero attached hydrogens (tertiary/aromatic N) is 2. The monoisotopic (exact) mass is 516 g/mol. The van der Waals surface area contributed by atoms with Crippen LogP contribution in [0, 0.1) is 0 Å². The van der Waals surface area contributed by atoms with E-state index >= 15 is 0 Å². The van der Waals surface area contributed by atoms with E-state index in [0.717, 1.165) is 17.5 Å². The Balaban J connectivity index is 1.62. The van der Waals surface area contributed by atoms with Crippen molar-refractivity contribution in [3.05, 3.63) is 93.2 Å². The van der Waals surface area contributed by atoms with Crippen molar-refractivity contribution in [3.63, 3.8) is 0 Å². The van der Waals surface area contributed by atoms with Crippen molar-refractivity contribution in [3.8, 4) is 0 Å². The van der Waals surface area contributed by atoms with Gasteiger partial charge in [-0.1, -0.05) is 82.3 Å². The third-order valence-corrected chi connectivity index (χ3v) is 8.50. The topological polar surface area (TPSA) is 40.6 Å². The van der Waals surface area contributed by atoms with E-state index < -0.39 is 0 Å². The molecule has 37 heavy (non-hydrogen) atoms. The first kappa shape index (κ1) is 27.1. The van der Waals surface area contributed by atoms with Crippen molar-refractivity contribution in [2.45, 2.75) is 77.8 Å². The van der Waals surface area contributed by atoms with Crippen molar-refractivity contribution < 1.29 is 9.59 Å². The summed E-state index contributed by atoms with van der Waals surface area (Å²) in [4.78, 5) is 32.8. The molecule has 2 atom stereocenters. The molecule has 0 radical (unpaired) electrons. The number of carbonyl (C=O) groups is 2. The predicted octanol–water partition coefficient (Wildman–Crippen LogP) is 6.95. The Bertz CT molecular complexity index is 1210. The molecule has 0 saturated heterocycles. The molecule has 1 aliphatic rings. The van der Waals surface area contributed by atoms with Crippen LogP contribution in [0.15, 0.2) is 66.0 Å². The first-order valence-corrected chi connectivity index (χ1v) is 14.3. The number of rotatable bonds is 7. The molecule has 0 saturated carbocycles. The Hall–Kier alpha value is -2.92. The Morgan fingerprint density at radius 3 is 2.30 bits per heavy atom. The zero-order valence-corrected chi connectivity index (χ0v) is 23.8. The van der Waals surface area contributed by atoms with E-state index in [-0.39, 0.29) is 41.8 Å². The van der Waals surface area contributed by atoms with E-state index in [1.165, 1.54) is 16.0 Å². The quantitative estimate of drug-likeness (QED) is 0.341. The van der Waals surface area contributed by atoms with Gasteiger partial charge in [-0.05, 0) is 65.8 Å². The fourth-order valence-corrected chi connectivity index (χ4v) is 6.20. The lowest BCUT2D eigenvalue weighted by Gasteiger charge is -2.39.